The van der Waals surface area contributed by atoms with Crippen molar-refractivity contribution in [2.45, 2.75) is 90.9 Å². The van der Waals surface area contributed by atoms with Gasteiger partial charge >= 0.3 is 19.8 Å². The number of phosphoric ester groups is 1. The van der Waals surface area contributed by atoms with E-state index in [0.29, 0.717) is 13.2 Å². The number of hydrogen-bond donors (Lipinski definition) is 3. The Kier molecular flexibility index (Phi) is 18.7. The third-order valence-electron chi connectivity index (χ3n) is 4.89. The Morgan fingerprint density at radius 1 is 0.697 bits per heavy atom. The van der Waals surface area contributed by atoms with E-state index in [1.54, 1.807) is 0 Å². The lowest BCUT2D eigenvalue weighted by Crippen LogP contribution is -2.06. The summed E-state index contributed by atoms with van der Waals surface area (Å²) in [6.07, 6.45) is 13.6. The van der Waals surface area contributed by atoms with Gasteiger partial charge in [0.1, 0.15) is 0 Å². The monoisotopic (exact) mass is 488 g/mol. The molecule has 8 nitrogen and oxygen atoms in total. The molecule has 0 spiro atoms. The van der Waals surface area contributed by atoms with E-state index < -0.39 is 19.8 Å². The molecule has 0 heterocycles. The number of phosphoric acid groups is 1. The summed E-state index contributed by atoms with van der Waals surface area (Å²) < 4.78 is 21.5. The lowest BCUT2D eigenvalue weighted by molar-refractivity contribution is 0.0651. The predicted molar refractivity (Wildman–Crippen MR) is 129 cm³/mol. The molecule has 33 heavy (non-hydrogen) atoms. The number of unbranched alkanes of at least 4 members (excludes halogenated alkanes) is 10. The lowest BCUT2D eigenvalue weighted by atomic mass is 10.1. The first-order valence-electron chi connectivity index (χ1n) is 11.9. The third-order valence-corrected chi connectivity index (χ3v) is 5.91. The van der Waals surface area contributed by atoms with Crippen molar-refractivity contribution in [2.24, 2.45) is 0 Å². The average molecular weight is 489 g/mol. The first-order chi connectivity index (χ1) is 15.7. The molecule has 1 rings (SSSR count). The first-order valence-corrected chi connectivity index (χ1v) is 13.4. The van der Waals surface area contributed by atoms with Crippen molar-refractivity contribution >= 4 is 19.8 Å². The van der Waals surface area contributed by atoms with Crippen molar-refractivity contribution < 1.29 is 38.3 Å². The van der Waals surface area contributed by atoms with E-state index in [1.807, 2.05) is 0 Å². The molecule has 1 aromatic rings. The van der Waals surface area contributed by atoms with Crippen molar-refractivity contribution in [1.82, 2.24) is 0 Å². The molecule has 0 fully saturated rings. The highest BCUT2D eigenvalue weighted by Crippen LogP contribution is 2.43. The second kappa shape index (κ2) is 19.7. The van der Waals surface area contributed by atoms with Crippen molar-refractivity contribution in [3.05, 3.63) is 35.4 Å². The Morgan fingerprint density at radius 2 is 1.03 bits per heavy atom. The maximum Gasteiger partial charge on any atom is 0.472 e. The summed E-state index contributed by atoms with van der Waals surface area (Å²) in [4.78, 5) is 30.4. The highest BCUT2D eigenvalue weighted by atomic mass is 31.2. The van der Waals surface area contributed by atoms with Crippen LogP contribution < -0.4 is 0 Å². The van der Waals surface area contributed by atoms with Gasteiger partial charge in [0.2, 0.25) is 0 Å². The van der Waals surface area contributed by atoms with E-state index in [9.17, 15) is 19.0 Å². The third kappa shape index (κ3) is 17.4. The molecular formula is C24H41O8P. The molecule has 0 atom stereocenters. The van der Waals surface area contributed by atoms with Crippen LogP contribution in [0.4, 0.5) is 0 Å². The molecule has 0 saturated carbocycles. The molecule has 0 bridgehead atoms. The summed E-state index contributed by atoms with van der Waals surface area (Å²) in [7, 11) is -3.82. The van der Waals surface area contributed by atoms with Gasteiger partial charge in [-0.15, -0.1) is 0 Å². The van der Waals surface area contributed by atoms with Gasteiger partial charge in [-0.2, -0.15) is 0 Å². The van der Waals surface area contributed by atoms with Crippen LogP contribution in [-0.2, 0) is 13.6 Å². The van der Waals surface area contributed by atoms with Gasteiger partial charge in [-0.25, -0.2) is 14.2 Å². The molecule has 0 aromatic heterocycles. The van der Waals surface area contributed by atoms with Gasteiger partial charge in [0.15, 0.2) is 0 Å². The standard InChI is InChI=1S/C16H35O4P.C8H6O4/c1-3-5-7-9-11-13-15-19-21(17,18)20-16-14-12-10-8-6-4-2;9-7(10)5-3-1-2-4-6(5)8(11)12/h3-16H2,1-2H3,(H,17,18);1-4H,(H,9,10)(H,11,12). The van der Waals surface area contributed by atoms with Gasteiger partial charge in [0.05, 0.1) is 24.3 Å². The Balaban J connectivity index is 0.000000716. The summed E-state index contributed by atoms with van der Waals surface area (Å²) in [5, 5.41) is 17.1. The number of carboxylic acid groups (broad SMARTS) is 2. The maximum absolute atomic E-state index is 11.6. The van der Waals surface area contributed by atoms with E-state index >= 15 is 0 Å². The number of carboxylic acids is 2. The highest BCUT2D eigenvalue weighted by Gasteiger charge is 2.19. The van der Waals surface area contributed by atoms with Crippen LogP contribution in [0, 0.1) is 0 Å². The van der Waals surface area contributed by atoms with Gasteiger partial charge in [-0.3, -0.25) is 9.05 Å². The van der Waals surface area contributed by atoms with Crippen LogP contribution in [0.2, 0.25) is 0 Å². The second-order valence-electron chi connectivity index (χ2n) is 7.83. The summed E-state index contributed by atoms with van der Waals surface area (Å²) in [6.45, 7) is 5.01. The van der Waals surface area contributed by atoms with Crippen molar-refractivity contribution in [2.75, 3.05) is 13.2 Å². The molecule has 0 saturated heterocycles. The molecule has 0 aliphatic carbocycles. The number of aromatic carboxylic acids is 2. The number of carbonyl (C=O) groups is 2. The Bertz CT molecular complexity index is 652. The van der Waals surface area contributed by atoms with Crippen molar-refractivity contribution in [3.63, 3.8) is 0 Å². The summed E-state index contributed by atoms with van der Waals surface area (Å²) >= 11 is 0. The van der Waals surface area contributed by atoms with E-state index in [0.717, 1.165) is 25.7 Å². The zero-order chi connectivity index (χ0) is 25.0. The summed E-state index contributed by atoms with van der Waals surface area (Å²) in [6, 6.07) is 5.48. The van der Waals surface area contributed by atoms with E-state index in [2.05, 4.69) is 13.8 Å². The topological polar surface area (TPSA) is 130 Å². The second-order valence-corrected chi connectivity index (χ2v) is 9.28. The molecule has 0 radical (unpaired) electrons. The van der Waals surface area contributed by atoms with Crippen LogP contribution >= 0.6 is 7.82 Å². The van der Waals surface area contributed by atoms with E-state index in [-0.39, 0.29) is 11.1 Å². The van der Waals surface area contributed by atoms with Gasteiger partial charge in [0.25, 0.3) is 0 Å². The van der Waals surface area contributed by atoms with Crippen LogP contribution in [-0.4, -0.2) is 40.3 Å². The molecule has 0 aliphatic rings. The fraction of sp³-hybridized carbons (Fsp3) is 0.667. The zero-order valence-electron chi connectivity index (χ0n) is 20.0. The van der Waals surface area contributed by atoms with Crippen LogP contribution in [0.1, 0.15) is 112 Å². The molecule has 0 unspecified atom stereocenters. The van der Waals surface area contributed by atoms with Crippen molar-refractivity contribution in [3.8, 4) is 0 Å². The lowest BCUT2D eigenvalue weighted by Gasteiger charge is -2.12. The quantitative estimate of drug-likeness (QED) is 0.150. The zero-order valence-corrected chi connectivity index (χ0v) is 20.9. The van der Waals surface area contributed by atoms with Gasteiger partial charge in [-0.1, -0.05) is 90.2 Å². The fourth-order valence-corrected chi connectivity index (χ4v) is 3.81. The minimum Gasteiger partial charge on any atom is -0.478 e. The number of rotatable bonds is 18. The SMILES string of the molecule is CCCCCCCCOP(=O)(O)OCCCCCCCC.O=C(O)c1ccccc1C(=O)O. The maximum atomic E-state index is 11.6. The van der Waals surface area contributed by atoms with E-state index in [1.165, 1.54) is 75.6 Å². The first kappa shape index (κ1) is 31.3. The van der Waals surface area contributed by atoms with Crippen LogP contribution in [0.3, 0.4) is 0 Å². The normalized spacial score (nSPS) is 11.0. The molecule has 1 aromatic carbocycles. The Hall–Kier alpha value is -1.73. The van der Waals surface area contributed by atoms with Crippen LogP contribution in [0.15, 0.2) is 24.3 Å². The molecule has 0 aliphatic heterocycles. The minimum absolute atomic E-state index is 0.190. The number of benzene rings is 1. The van der Waals surface area contributed by atoms with E-state index in [4.69, 9.17) is 19.3 Å². The minimum atomic E-state index is -3.82. The van der Waals surface area contributed by atoms with Gasteiger partial charge in [-0.05, 0) is 25.0 Å². The number of hydrogen-bond acceptors (Lipinski definition) is 5. The molecule has 0 amide bonds. The van der Waals surface area contributed by atoms with Gasteiger partial charge in [0, 0.05) is 0 Å². The van der Waals surface area contributed by atoms with Gasteiger partial charge < -0.3 is 15.1 Å². The largest absolute Gasteiger partial charge is 0.478 e. The van der Waals surface area contributed by atoms with Crippen LogP contribution in [0.5, 0.6) is 0 Å². The molecule has 3 N–H and O–H groups in total. The Morgan fingerprint density at radius 3 is 1.36 bits per heavy atom. The smallest absolute Gasteiger partial charge is 0.472 e. The molecular weight excluding hydrogens is 447 g/mol. The summed E-state index contributed by atoms with van der Waals surface area (Å²) in [5.74, 6) is -2.46. The predicted octanol–water partition coefficient (Wildman–Crippen LogP) is 6.92. The Labute approximate surface area is 197 Å². The fourth-order valence-electron chi connectivity index (χ4n) is 3.02. The van der Waals surface area contributed by atoms with Crippen LogP contribution in [0.25, 0.3) is 0 Å². The highest BCUT2D eigenvalue weighted by molar-refractivity contribution is 7.47. The molecule has 9 heteroatoms. The van der Waals surface area contributed by atoms with Crippen molar-refractivity contribution in [1.29, 1.82) is 0 Å². The summed E-state index contributed by atoms with van der Waals surface area (Å²) in [5.41, 5.74) is -0.380. The molecule has 190 valence electrons. The average Bonchev–Trinajstić information content (AvgIpc) is 2.78.